The zero-order valence-electron chi connectivity index (χ0n) is 12.9. The minimum Gasteiger partial charge on any atom is -0.294 e. The van der Waals surface area contributed by atoms with E-state index < -0.39 is 0 Å². The molecule has 2 heterocycles. The number of fused-ring (bicyclic) bond motifs is 1. The Labute approximate surface area is 144 Å². The molecule has 0 aliphatic carbocycles. The van der Waals surface area contributed by atoms with Gasteiger partial charge in [0.15, 0.2) is 5.78 Å². The maximum absolute atomic E-state index is 12.6. The van der Waals surface area contributed by atoms with Crippen molar-refractivity contribution in [1.82, 2.24) is 9.97 Å². The molecule has 5 heteroatoms. The number of hydrogen-bond acceptors (Lipinski definition) is 3. The second-order valence-corrected chi connectivity index (χ2v) is 6.53. The first kappa shape index (κ1) is 15.9. The van der Waals surface area contributed by atoms with E-state index in [1.54, 1.807) is 6.20 Å². The highest BCUT2D eigenvalue weighted by molar-refractivity contribution is 9.10. The van der Waals surface area contributed by atoms with Gasteiger partial charge in [0, 0.05) is 21.9 Å². The Morgan fingerprint density at radius 1 is 1.13 bits per heavy atom. The van der Waals surface area contributed by atoms with E-state index >= 15 is 0 Å². The molecule has 1 aromatic carbocycles. The lowest BCUT2D eigenvalue weighted by Crippen LogP contribution is -2.14. The van der Waals surface area contributed by atoms with Crippen LogP contribution in [0.3, 0.4) is 0 Å². The zero-order valence-corrected chi connectivity index (χ0v) is 14.5. The number of aromatic nitrogens is 2. The molecule has 0 saturated carbocycles. The predicted octanol–water partition coefficient (Wildman–Crippen LogP) is 3.23. The summed E-state index contributed by atoms with van der Waals surface area (Å²) in [4.78, 5) is 21.4. The number of Topliss-reactive ketones (excluding diaryl/α,β-unsaturated/α-hetero) is 1. The van der Waals surface area contributed by atoms with Gasteiger partial charge in [-0.25, -0.2) is 0 Å². The average Bonchev–Trinajstić information content (AvgIpc) is 2.50. The van der Waals surface area contributed by atoms with Crippen LogP contribution in [-0.4, -0.2) is 23.6 Å². The van der Waals surface area contributed by atoms with Crippen molar-refractivity contribution >= 4 is 46.1 Å². The summed E-state index contributed by atoms with van der Waals surface area (Å²) in [6.45, 7) is 3.81. The third-order valence-corrected chi connectivity index (χ3v) is 4.25. The normalized spacial score (nSPS) is 10.9. The van der Waals surface area contributed by atoms with Crippen molar-refractivity contribution in [2.75, 3.05) is 0 Å². The molecule has 0 unspecified atom stereocenters. The molecular weight excluding hydrogens is 351 g/mol. The van der Waals surface area contributed by atoms with E-state index in [4.69, 9.17) is 7.85 Å². The summed E-state index contributed by atoms with van der Waals surface area (Å²) in [5, 5.41) is 0. The fraction of sp³-hybridized carbons (Fsp3) is 0.167. The summed E-state index contributed by atoms with van der Waals surface area (Å²) < 4.78 is 0.867. The van der Waals surface area contributed by atoms with E-state index in [2.05, 4.69) is 25.9 Å². The molecule has 0 aliphatic rings. The van der Waals surface area contributed by atoms with E-state index in [0.717, 1.165) is 32.3 Å². The first-order valence-electron chi connectivity index (χ1n) is 7.25. The third kappa shape index (κ3) is 3.35. The van der Waals surface area contributed by atoms with Crippen molar-refractivity contribution in [3.8, 4) is 0 Å². The number of nitrogens with zero attached hydrogens (tertiary/aromatic N) is 2. The molecule has 0 atom stereocenters. The first-order chi connectivity index (χ1) is 10.9. The maximum Gasteiger partial charge on any atom is 0.169 e. The molecule has 0 spiro atoms. The third-order valence-electron chi connectivity index (χ3n) is 3.82. The minimum atomic E-state index is 0.0420. The van der Waals surface area contributed by atoms with Gasteiger partial charge in [-0.2, -0.15) is 0 Å². The number of hydrogen-bond donors (Lipinski definition) is 0. The van der Waals surface area contributed by atoms with Crippen LogP contribution in [-0.2, 0) is 6.42 Å². The van der Waals surface area contributed by atoms with Crippen LogP contribution in [0.2, 0.25) is 0 Å². The topological polar surface area (TPSA) is 42.9 Å². The van der Waals surface area contributed by atoms with Crippen LogP contribution >= 0.6 is 15.9 Å². The van der Waals surface area contributed by atoms with Gasteiger partial charge in [0.2, 0.25) is 0 Å². The van der Waals surface area contributed by atoms with Gasteiger partial charge in [0.1, 0.15) is 7.85 Å². The van der Waals surface area contributed by atoms with Gasteiger partial charge in [0.25, 0.3) is 0 Å². The quantitative estimate of drug-likeness (QED) is 0.529. The van der Waals surface area contributed by atoms with Crippen molar-refractivity contribution in [3.63, 3.8) is 0 Å². The zero-order chi connectivity index (χ0) is 16.6. The van der Waals surface area contributed by atoms with Crippen LogP contribution in [0.5, 0.6) is 0 Å². The molecule has 3 nitrogen and oxygen atoms in total. The Balaban J connectivity index is 1.92. The van der Waals surface area contributed by atoms with E-state index in [1.165, 1.54) is 0 Å². The first-order valence-corrected chi connectivity index (χ1v) is 8.04. The van der Waals surface area contributed by atoms with E-state index in [1.807, 2.05) is 44.2 Å². The Bertz CT molecular complexity index is 924. The number of aryl methyl sites for hydroxylation is 2. The van der Waals surface area contributed by atoms with Crippen LogP contribution in [0.4, 0.5) is 0 Å². The van der Waals surface area contributed by atoms with Gasteiger partial charge in [-0.3, -0.25) is 14.8 Å². The molecule has 2 aromatic heterocycles. The number of halogens is 1. The van der Waals surface area contributed by atoms with Crippen LogP contribution < -0.4 is 5.46 Å². The maximum atomic E-state index is 12.6. The lowest BCUT2D eigenvalue weighted by molar-refractivity contribution is 0.0991. The van der Waals surface area contributed by atoms with E-state index in [9.17, 15) is 4.79 Å². The van der Waals surface area contributed by atoms with Crippen molar-refractivity contribution in [1.29, 1.82) is 0 Å². The Morgan fingerprint density at radius 2 is 1.91 bits per heavy atom. The predicted molar refractivity (Wildman–Crippen MR) is 96.6 cm³/mol. The summed E-state index contributed by atoms with van der Waals surface area (Å²) in [6.07, 6.45) is 1.99. The second-order valence-electron chi connectivity index (χ2n) is 5.62. The molecule has 0 bridgehead atoms. The summed E-state index contributed by atoms with van der Waals surface area (Å²) in [5.74, 6) is 0.0420. The van der Waals surface area contributed by atoms with Crippen LogP contribution in [0.1, 0.15) is 27.2 Å². The molecule has 0 fully saturated rings. The highest BCUT2D eigenvalue weighted by Crippen LogP contribution is 2.17. The molecule has 3 aromatic rings. The SMILES string of the molecule is [B]c1cc(C)c(C(=O)Cc2ccc3ncc(Br)cc3n2)cc1C. The number of rotatable bonds is 3. The van der Waals surface area contributed by atoms with Gasteiger partial charge in [-0.1, -0.05) is 17.1 Å². The molecule has 0 N–H and O–H groups in total. The largest absolute Gasteiger partial charge is 0.294 e. The standard InChI is InChI=1S/C18H14BBrN2O/c1-10-6-15(19)11(2)5-14(10)18(23)8-13-3-4-16-17(22-13)7-12(20)9-21-16/h3-7,9H,8H2,1-2H3. The van der Waals surface area contributed by atoms with Crippen LogP contribution in [0, 0.1) is 13.8 Å². The second kappa shape index (κ2) is 6.24. The van der Waals surface area contributed by atoms with Crippen molar-refractivity contribution in [3.05, 3.63) is 63.4 Å². The van der Waals surface area contributed by atoms with E-state index in [-0.39, 0.29) is 12.2 Å². The number of ketones is 1. The summed E-state index contributed by atoms with van der Waals surface area (Å²) in [5.41, 5.74) is 5.53. The fourth-order valence-electron chi connectivity index (χ4n) is 2.52. The monoisotopic (exact) mass is 364 g/mol. The molecular formula is C18H14BBrN2O. The molecule has 23 heavy (non-hydrogen) atoms. The van der Waals surface area contributed by atoms with Crippen LogP contribution in [0.15, 0.2) is 41.0 Å². The lowest BCUT2D eigenvalue weighted by atomic mass is 9.86. The van der Waals surface area contributed by atoms with Gasteiger partial charge < -0.3 is 0 Å². The Hall–Kier alpha value is -2.01. The minimum absolute atomic E-state index is 0.0420. The highest BCUT2D eigenvalue weighted by Gasteiger charge is 2.12. The molecule has 3 rings (SSSR count). The van der Waals surface area contributed by atoms with E-state index in [0.29, 0.717) is 11.0 Å². The lowest BCUT2D eigenvalue weighted by Gasteiger charge is -2.09. The van der Waals surface area contributed by atoms with Gasteiger partial charge >= 0.3 is 0 Å². The molecule has 2 radical (unpaired) electrons. The van der Waals surface area contributed by atoms with Crippen LogP contribution in [0.25, 0.3) is 11.0 Å². The fourth-order valence-corrected chi connectivity index (χ4v) is 2.84. The number of carbonyl (C=O) groups is 1. The average molecular weight is 365 g/mol. The van der Waals surface area contributed by atoms with Gasteiger partial charge in [-0.05, 0) is 59.6 Å². The molecule has 0 aliphatic heterocycles. The van der Waals surface area contributed by atoms with Gasteiger partial charge in [0.05, 0.1) is 17.5 Å². The number of carbonyl (C=O) groups excluding carboxylic acids is 1. The smallest absolute Gasteiger partial charge is 0.169 e. The number of benzene rings is 1. The highest BCUT2D eigenvalue weighted by atomic mass is 79.9. The van der Waals surface area contributed by atoms with Crippen molar-refractivity contribution in [2.24, 2.45) is 0 Å². The molecule has 0 saturated heterocycles. The molecule has 112 valence electrons. The Morgan fingerprint density at radius 3 is 2.70 bits per heavy atom. The Kier molecular flexibility index (Phi) is 4.31. The van der Waals surface area contributed by atoms with Gasteiger partial charge in [-0.15, -0.1) is 0 Å². The molecule has 0 amide bonds. The summed E-state index contributed by atoms with van der Waals surface area (Å²) in [7, 11) is 5.88. The van der Waals surface area contributed by atoms with Crippen molar-refractivity contribution < 1.29 is 4.79 Å². The number of pyridine rings is 2. The van der Waals surface area contributed by atoms with Crippen molar-refractivity contribution in [2.45, 2.75) is 20.3 Å². The summed E-state index contributed by atoms with van der Waals surface area (Å²) in [6, 6.07) is 9.33. The summed E-state index contributed by atoms with van der Waals surface area (Å²) >= 11 is 3.39.